The summed E-state index contributed by atoms with van der Waals surface area (Å²) >= 11 is 3.52. The summed E-state index contributed by atoms with van der Waals surface area (Å²) in [6.45, 7) is 9.63. The third-order valence-electron chi connectivity index (χ3n) is 1.99. The van der Waals surface area contributed by atoms with Crippen molar-refractivity contribution in [3.8, 4) is 0 Å². The first kappa shape index (κ1) is 11.2. The first-order chi connectivity index (χ1) is 6.69. The van der Waals surface area contributed by atoms with Crippen molar-refractivity contribution < 1.29 is 0 Å². The van der Waals surface area contributed by atoms with Gasteiger partial charge in [-0.3, -0.25) is 0 Å². The summed E-state index contributed by atoms with van der Waals surface area (Å²) in [4.78, 5) is 6.56. The maximum atomic E-state index is 4.40. The fraction of sp³-hybridized carbons (Fsp3) is 0.364. The quantitative estimate of drug-likeness (QED) is 0.768. The molecule has 76 valence electrons. The van der Waals surface area contributed by atoms with Crippen LogP contribution in [0.15, 0.2) is 29.4 Å². The van der Waals surface area contributed by atoms with Gasteiger partial charge in [0.15, 0.2) is 0 Å². The van der Waals surface area contributed by atoms with Gasteiger partial charge in [-0.2, -0.15) is 0 Å². The average Bonchev–Trinajstić information content (AvgIpc) is 2.15. The van der Waals surface area contributed by atoms with Crippen LogP contribution in [0.3, 0.4) is 0 Å². The first-order valence-corrected chi connectivity index (χ1v) is 5.46. The Bertz CT molecular complexity index is 323. The molecule has 0 saturated heterocycles. The molecule has 1 aromatic heterocycles. The third-order valence-corrected chi connectivity index (χ3v) is 2.57. The van der Waals surface area contributed by atoms with Crippen LogP contribution >= 0.6 is 15.9 Å². The molecule has 3 heteroatoms. The largest absolute Gasteiger partial charge is 0.352 e. The van der Waals surface area contributed by atoms with Crippen LogP contribution in [0.5, 0.6) is 0 Å². The van der Waals surface area contributed by atoms with Gasteiger partial charge in [0.05, 0.1) is 4.47 Å². The maximum absolute atomic E-state index is 4.40. The van der Waals surface area contributed by atoms with E-state index in [4.69, 9.17) is 0 Å². The summed E-state index contributed by atoms with van der Waals surface area (Å²) in [5, 5.41) is 0. The molecule has 1 rings (SSSR count). The van der Waals surface area contributed by atoms with Crippen LogP contribution < -0.4 is 4.90 Å². The standard InChI is InChI=1S/C11H15BrN2/c1-4-6-14(5-2)11-10(12)7-9(3)8-13-11/h4,7-8H,1,5-6H2,2-3H3. The molecule has 0 aliphatic carbocycles. The second kappa shape index (κ2) is 5.15. The second-order valence-corrected chi connectivity index (χ2v) is 4.00. The molecule has 1 aromatic rings. The van der Waals surface area contributed by atoms with Crippen molar-refractivity contribution >= 4 is 21.7 Å². The number of hydrogen-bond donors (Lipinski definition) is 0. The SMILES string of the molecule is C=CCN(CC)c1ncc(C)cc1Br. The minimum atomic E-state index is 0.825. The van der Waals surface area contributed by atoms with Crippen LogP contribution in [0.2, 0.25) is 0 Å². The van der Waals surface area contributed by atoms with E-state index >= 15 is 0 Å². The van der Waals surface area contributed by atoms with Gasteiger partial charge < -0.3 is 4.90 Å². The van der Waals surface area contributed by atoms with Gasteiger partial charge in [0.1, 0.15) is 5.82 Å². The van der Waals surface area contributed by atoms with E-state index in [1.807, 2.05) is 19.2 Å². The van der Waals surface area contributed by atoms with Gasteiger partial charge in [-0.15, -0.1) is 6.58 Å². The fourth-order valence-corrected chi connectivity index (χ4v) is 1.99. The lowest BCUT2D eigenvalue weighted by Crippen LogP contribution is -2.23. The van der Waals surface area contributed by atoms with E-state index in [1.165, 1.54) is 0 Å². The van der Waals surface area contributed by atoms with Crippen LogP contribution in [-0.4, -0.2) is 18.1 Å². The van der Waals surface area contributed by atoms with Crippen molar-refractivity contribution in [1.82, 2.24) is 4.98 Å². The Balaban J connectivity index is 2.97. The number of anilines is 1. The van der Waals surface area contributed by atoms with E-state index in [-0.39, 0.29) is 0 Å². The molecule has 0 amide bonds. The highest BCUT2D eigenvalue weighted by atomic mass is 79.9. The Labute approximate surface area is 93.8 Å². The van der Waals surface area contributed by atoms with Crippen molar-refractivity contribution in [1.29, 1.82) is 0 Å². The Morgan fingerprint density at radius 1 is 1.64 bits per heavy atom. The molecule has 0 radical (unpaired) electrons. The topological polar surface area (TPSA) is 16.1 Å². The van der Waals surface area contributed by atoms with Crippen molar-refractivity contribution in [3.63, 3.8) is 0 Å². The second-order valence-electron chi connectivity index (χ2n) is 3.15. The Kier molecular flexibility index (Phi) is 4.14. The highest BCUT2D eigenvalue weighted by Crippen LogP contribution is 2.24. The molecule has 0 aliphatic heterocycles. The number of nitrogens with zero attached hydrogens (tertiary/aromatic N) is 2. The number of aryl methyl sites for hydroxylation is 1. The van der Waals surface area contributed by atoms with Crippen molar-refractivity contribution in [2.75, 3.05) is 18.0 Å². The van der Waals surface area contributed by atoms with Gasteiger partial charge in [0.2, 0.25) is 0 Å². The predicted octanol–water partition coefficient (Wildman–Crippen LogP) is 3.16. The Morgan fingerprint density at radius 3 is 2.86 bits per heavy atom. The van der Waals surface area contributed by atoms with Gasteiger partial charge in [-0.25, -0.2) is 4.98 Å². The van der Waals surface area contributed by atoms with E-state index in [0.29, 0.717) is 0 Å². The van der Waals surface area contributed by atoms with Crippen molar-refractivity contribution in [3.05, 3.63) is 35.0 Å². The number of aromatic nitrogens is 1. The molecule has 2 nitrogen and oxygen atoms in total. The number of likely N-dealkylation sites (N-methyl/N-ethyl adjacent to an activating group) is 1. The molecule has 0 fully saturated rings. The molecule has 14 heavy (non-hydrogen) atoms. The average molecular weight is 255 g/mol. The first-order valence-electron chi connectivity index (χ1n) is 4.67. The highest BCUT2D eigenvalue weighted by molar-refractivity contribution is 9.10. The van der Waals surface area contributed by atoms with E-state index < -0.39 is 0 Å². The van der Waals surface area contributed by atoms with Gasteiger partial charge in [-0.05, 0) is 41.4 Å². The predicted molar refractivity (Wildman–Crippen MR) is 64.8 cm³/mol. The molecule has 0 atom stereocenters. The van der Waals surface area contributed by atoms with Crippen molar-refractivity contribution in [2.45, 2.75) is 13.8 Å². The number of halogens is 1. The minimum Gasteiger partial charge on any atom is -0.352 e. The zero-order chi connectivity index (χ0) is 10.6. The molecule has 0 bridgehead atoms. The molecule has 0 aliphatic rings. The van der Waals surface area contributed by atoms with Crippen LogP contribution in [0.25, 0.3) is 0 Å². The lowest BCUT2D eigenvalue weighted by atomic mass is 10.3. The molecule has 0 spiro atoms. The zero-order valence-electron chi connectivity index (χ0n) is 8.63. The van der Waals surface area contributed by atoms with Crippen LogP contribution in [0, 0.1) is 6.92 Å². The number of pyridine rings is 1. The van der Waals surface area contributed by atoms with Gasteiger partial charge in [0.25, 0.3) is 0 Å². The van der Waals surface area contributed by atoms with Crippen LogP contribution in [0.1, 0.15) is 12.5 Å². The Hall–Kier alpha value is -0.830. The summed E-state index contributed by atoms with van der Waals surface area (Å²) in [6, 6.07) is 2.08. The molecule has 0 N–H and O–H groups in total. The summed E-state index contributed by atoms with van der Waals surface area (Å²) in [5.74, 6) is 0.984. The normalized spacial score (nSPS) is 9.93. The summed E-state index contributed by atoms with van der Waals surface area (Å²) < 4.78 is 1.04. The lowest BCUT2D eigenvalue weighted by molar-refractivity contribution is 0.877. The van der Waals surface area contributed by atoms with E-state index in [9.17, 15) is 0 Å². The molecule has 1 heterocycles. The van der Waals surface area contributed by atoms with E-state index in [1.54, 1.807) is 0 Å². The Morgan fingerprint density at radius 2 is 2.36 bits per heavy atom. The number of rotatable bonds is 4. The van der Waals surface area contributed by atoms with E-state index in [0.717, 1.165) is 28.9 Å². The summed E-state index contributed by atoms with van der Waals surface area (Å²) in [6.07, 6.45) is 3.77. The molecule has 0 aromatic carbocycles. The number of hydrogen-bond acceptors (Lipinski definition) is 2. The fourth-order valence-electron chi connectivity index (χ4n) is 1.28. The maximum Gasteiger partial charge on any atom is 0.143 e. The summed E-state index contributed by atoms with van der Waals surface area (Å²) in [5.41, 5.74) is 1.16. The van der Waals surface area contributed by atoms with Gasteiger partial charge in [0, 0.05) is 19.3 Å². The van der Waals surface area contributed by atoms with Gasteiger partial charge in [-0.1, -0.05) is 6.08 Å². The molecular weight excluding hydrogens is 240 g/mol. The minimum absolute atomic E-state index is 0.825. The smallest absolute Gasteiger partial charge is 0.143 e. The highest BCUT2D eigenvalue weighted by Gasteiger charge is 2.07. The third kappa shape index (κ3) is 2.58. The monoisotopic (exact) mass is 254 g/mol. The lowest BCUT2D eigenvalue weighted by Gasteiger charge is -2.21. The van der Waals surface area contributed by atoms with Crippen LogP contribution in [-0.2, 0) is 0 Å². The van der Waals surface area contributed by atoms with Gasteiger partial charge >= 0.3 is 0 Å². The summed E-state index contributed by atoms with van der Waals surface area (Å²) in [7, 11) is 0. The molecule has 0 unspecified atom stereocenters. The zero-order valence-corrected chi connectivity index (χ0v) is 10.2. The van der Waals surface area contributed by atoms with Crippen molar-refractivity contribution in [2.24, 2.45) is 0 Å². The van der Waals surface area contributed by atoms with E-state index in [2.05, 4.69) is 45.4 Å². The van der Waals surface area contributed by atoms with Crippen LogP contribution in [0.4, 0.5) is 5.82 Å². The molecular formula is C11H15BrN2. The molecule has 0 saturated carbocycles.